The molecule has 0 aromatic rings. The Balaban J connectivity index is 4.72. The molecule has 0 aromatic carbocycles. The summed E-state index contributed by atoms with van der Waals surface area (Å²) >= 11 is 0. The molecule has 0 amide bonds. The van der Waals surface area contributed by atoms with Crippen molar-refractivity contribution < 1.29 is 27.6 Å². The zero-order valence-electron chi connectivity index (χ0n) is 10.9. The van der Waals surface area contributed by atoms with E-state index in [0.717, 1.165) is 0 Å². The van der Waals surface area contributed by atoms with Crippen molar-refractivity contribution in [2.75, 3.05) is 32.3 Å². The largest absolute Gasteiger partial charge is 0.421 e. The van der Waals surface area contributed by atoms with E-state index in [4.69, 9.17) is 18.1 Å². The fourth-order valence-electron chi connectivity index (χ4n) is 1.25. The van der Waals surface area contributed by atoms with Gasteiger partial charge in [-0.1, -0.05) is 0 Å². The van der Waals surface area contributed by atoms with Crippen LogP contribution in [0, 0.1) is 0 Å². The summed E-state index contributed by atoms with van der Waals surface area (Å²) in [4.78, 5) is 10.1. The Morgan fingerprint density at radius 2 is 1.35 bits per heavy atom. The van der Waals surface area contributed by atoms with E-state index in [1.165, 1.54) is 0 Å². The maximum Gasteiger partial charge on any atom is 0.421 e. The van der Waals surface area contributed by atoms with E-state index in [1.54, 1.807) is 27.7 Å². The fraction of sp³-hybridized carbons (Fsp3) is 1.00. The average molecular weight is 289 g/mol. The highest BCUT2D eigenvalue weighted by molar-refractivity contribution is 7.74. The summed E-state index contributed by atoms with van der Waals surface area (Å²) in [5.74, 6) is -0.233. The molecule has 0 atom stereocenters. The first kappa shape index (κ1) is 17.5. The summed E-state index contributed by atoms with van der Waals surface area (Å²) in [6.45, 7) is 7.94. The van der Waals surface area contributed by atoms with E-state index in [0.29, 0.717) is 0 Å². The highest BCUT2D eigenvalue weighted by atomic mass is 31.3. The number of hydrogen-bond acceptors (Lipinski definition) is 6. The van der Waals surface area contributed by atoms with Gasteiger partial charge in [-0.3, -0.25) is 4.57 Å². The second-order valence-electron chi connectivity index (χ2n) is 3.06. The molecule has 0 aliphatic rings. The Bertz CT molecular complexity index is 232. The molecule has 0 aliphatic heterocycles. The monoisotopic (exact) mass is 289 g/mol. The molecular formula is C9H23O6P2+. The average Bonchev–Trinajstić information content (AvgIpc) is 2.17. The van der Waals surface area contributed by atoms with Gasteiger partial charge in [-0.2, -0.15) is 13.9 Å². The van der Waals surface area contributed by atoms with Crippen LogP contribution in [0.4, 0.5) is 0 Å². The summed E-state index contributed by atoms with van der Waals surface area (Å²) < 4.78 is 32.8. The molecule has 17 heavy (non-hydrogen) atoms. The highest BCUT2D eigenvalue weighted by Gasteiger charge is 2.49. The highest BCUT2D eigenvalue weighted by Crippen LogP contribution is 2.68. The Kier molecular flexibility index (Phi) is 8.77. The van der Waals surface area contributed by atoms with Crippen LogP contribution < -0.4 is 0 Å². The van der Waals surface area contributed by atoms with Crippen LogP contribution in [0.25, 0.3) is 0 Å². The maximum atomic E-state index is 12.2. The smallest absolute Gasteiger partial charge is 0.306 e. The van der Waals surface area contributed by atoms with E-state index in [2.05, 4.69) is 0 Å². The Morgan fingerprint density at radius 3 is 1.65 bits per heavy atom. The third-order valence-electron chi connectivity index (χ3n) is 1.67. The van der Waals surface area contributed by atoms with Gasteiger partial charge in [0.25, 0.3) is 0 Å². The molecule has 0 rings (SSSR count). The van der Waals surface area contributed by atoms with E-state index in [9.17, 15) is 9.46 Å². The normalized spacial score (nSPS) is 13.0. The van der Waals surface area contributed by atoms with Crippen molar-refractivity contribution in [2.45, 2.75) is 27.7 Å². The Hall–Kier alpha value is 0.460. The van der Waals surface area contributed by atoms with Gasteiger partial charge >= 0.3 is 15.5 Å². The topological polar surface area (TPSA) is 74.2 Å². The van der Waals surface area contributed by atoms with Crippen LogP contribution in [-0.4, -0.2) is 37.2 Å². The first-order valence-electron chi connectivity index (χ1n) is 5.73. The van der Waals surface area contributed by atoms with Gasteiger partial charge in [0.15, 0.2) is 0 Å². The lowest BCUT2D eigenvalue weighted by Crippen LogP contribution is -2.10. The standard InChI is InChI=1S/C9H23O6P2/c1-5-12-16(10,13-6-2)9-17(11,14-7-3)15-8-4/h10H,5-9H2,1-4H3/q+1. The second-order valence-corrected chi connectivity index (χ2v) is 7.72. The van der Waals surface area contributed by atoms with Crippen molar-refractivity contribution in [1.29, 1.82) is 0 Å². The van der Waals surface area contributed by atoms with Crippen molar-refractivity contribution >= 4 is 15.5 Å². The van der Waals surface area contributed by atoms with Crippen molar-refractivity contribution in [2.24, 2.45) is 0 Å². The SMILES string of the molecule is CCOP(=O)(C[P+](O)(OCC)OCC)OCC. The molecule has 0 heterocycles. The van der Waals surface area contributed by atoms with Crippen LogP contribution in [0.15, 0.2) is 0 Å². The summed E-state index contributed by atoms with van der Waals surface area (Å²) in [6, 6.07) is 0. The fourth-order valence-corrected chi connectivity index (χ4v) is 6.05. The van der Waals surface area contributed by atoms with Crippen LogP contribution in [0.2, 0.25) is 0 Å². The van der Waals surface area contributed by atoms with E-state index in [1.807, 2.05) is 0 Å². The summed E-state index contributed by atoms with van der Waals surface area (Å²) in [7, 11) is -6.51. The minimum absolute atomic E-state index is 0.233. The molecule has 0 unspecified atom stereocenters. The summed E-state index contributed by atoms with van der Waals surface area (Å²) in [6.07, 6.45) is 0. The molecule has 0 aliphatic carbocycles. The molecule has 0 bridgehead atoms. The molecule has 0 saturated heterocycles. The molecule has 8 heteroatoms. The van der Waals surface area contributed by atoms with Gasteiger partial charge in [-0.05, 0) is 27.7 Å². The van der Waals surface area contributed by atoms with Crippen LogP contribution in [0.5, 0.6) is 0 Å². The van der Waals surface area contributed by atoms with Gasteiger partial charge < -0.3 is 9.05 Å². The van der Waals surface area contributed by atoms with Crippen molar-refractivity contribution in [3.63, 3.8) is 0 Å². The Labute approximate surface area is 104 Å². The van der Waals surface area contributed by atoms with Gasteiger partial charge in [0.2, 0.25) is 5.90 Å². The minimum Gasteiger partial charge on any atom is -0.306 e. The van der Waals surface area contributed by atoms with Crippen LogP contribution >= 0.6 is 15.5 Å². The predicted molar refractivity (Wildman–Crippen MR) is 68.1 cm³/mol. The lowest BCUT2D eigenvalue weighted by molar-refractivity contribution is 0.185. The minimum atomic E-state index is -3.35. The zero-order chi connectivity index (χ0) is 13.4. The molecule has 6 nitrogen and oxygen atoms in total. The number of rotatable bonds is 10. The second kappa shape index (κ2) is 8.54. The predicted octanol–water partition coefficient (Wildman–Crippen LogP) is 3.04. The van der Waals surface area contributed by atoms with E-state index >= 15 is 0 Å². The van der Waals surface area contributed by atoms with Crippen LogP contribution in [-0.2, 0) is 22.7 Å². The van der Waals surface area contributed by atoms with E-state index < -0.39 is 15.5 Å². The quantitative estimate of drug-likeness (QED) is 0.623. The molecule has 0 spiro atoms. The first-order chi connectivity index (χ1) is 7.95. The summed E-state index contributed by atoms with van der Waals surface area (Å²) in [5, 5.41) is 0. The van der Waals surface area contributed by atoms with Gasteiger partial charge in [-0.15, -0.1) is 0 Å². The number of hydrogen-bond donors (Lipinski definition) is 1. The van der Waals surface area contributed by atoms with Gasteiger partial charge in [0.05, 0.1) is 26.4 Å². The molecular weight excluding hydrogens is 266 g/mol. The van der Waals surface area contributed by atoms with Crippen molar-refractivity contribution in [3.8, 4) is 0 Å². The van der Waals surface area contributed by atoms with Crippen LogP contribution in [0.3, 0.4) is 0 Å². The van der Waals surface area contributed by atoms with Crippen molar-refractivity contribution in [1.82, 2.24) is 0 Å². The maximum absolute atomic E-state index is 12.2. The molecule has 0 saturated carbocycles. The molecule has 1 N–H and O–H groups in total. The first-order valence-corrected chi connectivity index (χ1v) is 9.22. The van der Waals surface area contributed by atoms with Crippen molar-refractivity contribution in [3.05, 3.63) is 0 Å². The molecule has 0 radical (unpaired) electrons. The van der Waals surface area contributed by atoms with Gasteiger partial charge in [-0.25, -0.2) is 0 Å². The summed E-state index contributed by atoms with van der Waals surface area (Å²) in [5.41, 5.74) is 0. The van der Waals surface area contributed by atoms with E-state index in [-0.39, 0.29) is 32.3 Å². The third-order valence-corrected chi connectivity index (χ3v) is 7.11. The lowest BCUT2D eigenvalue weighted by Gasteiger charge is -2.21. The lowest BCUT2D eigenvalue weighted by atomic mass is 10.9. The molecule has 104 valence electrons. The zero-order valence-corrected chi connectivity index (χ0v) is 12.7. The van der Waals surface area contributed by atoms with Gasteiger partial charge in [0.1, 0.15) is 0 Å². The third kappa shape index (κ3) is 6.82. The van der Waals surface area contributed by atoms with Crippen LogP contribution in [0.1, 0.15) is 27.7 Å². The molecule has 0 aromatic heterocycles. The Morgan fingerprint density at radius 1 is 0.941 bits per heavy atom. The molecule has 0 fully saturated rings. The van der Waals surface area contributed by atoms with Gasteiger partial charge in [0, 0.05) is 0 Å².